The summed E-state index contributed by atoms with van der Waals surface area (Å²) in [7, 11) is 0. The number of aliphatic hydroxyl groups is 2. The van der Waals surface area contributed by atoms with Gasteiger partial charge in [0.15, 0.2) is 0 Å². The van der Waals surface area contributed by atoms with Crippen LogP contribution in [-0.4, -0.2) is 29.0 Å². The number of aliphatic hydroxyl groups excluding tert-OH is 2. The highest BCUT2D eigenvalue weighted by Crippen LogP contribution is 2.19. The van der Waals surface area contributed by atoms with Crippen molar-refractivity contribution in [3.05, 3.63) is 16.3 Å². The van der Waals surface area contributed by atoms with Gasteiger partial charge in [0.2, 0.25) is 0 Å². The number of nitrogens with two attached hydrogens (primary N) is 1. The van der Waals surface area contributed by atoms with Crippen LogP contribution >= 0.6 is 11.3 Å². The first-order valence-electron chi connectivity index (χ1n) is 4.40. The molecule has 0 fully saturated rings. The van der Waals surface area contributed by atoms with Gasteiger partial charge in [0.25, 0.3) is 0 Å². The van der Waals surface area contributed by atoms with Gasteiger partial charge in [-0.2, -0.15) is 0 Å². The summed E-state index contributed by atoms with van der Waals surface area (Å²) < 4.78 is 0. The Balaban J connectivity index is 2.52. The zero-order valence-corrected chi connectivity index (χ0v) is 8.97. The second kappa shape index (κ2) is 4.75. The van der Waals surface area contributed by atoms with Crippen LogP contribution in [0.1, 0.15) is 11.8 Å². The van der Waals surface area contributed by atoms with Gasteiger partial charge in [-0.05, 0) is 18.4 Å². The zero-order chi connectivity index (χ0) is 10.6. The number of nitrogen functional groups attached to an aromatic ring is 1. The van der Waals surface area contributed by atoms with Crippen molar-refractivity contribution < 1.29 is 10.2 Å². The van der Waals surface area contributed by atoms with Gasteiger partial charge in [0.1, 0.15) is 0 Å². The maximum Gasteiger partial charge on any atom is 0.0633 e. The molecule has 0 amide bonds. The third-order valence-electron chi connectivity index (χ3n) is 2.15. The standard InChI is InChI=1S/C9H16N2O2S/c1-9(5-12,6-13)11-4-8-7(10)2-3-14-8/h2-3,11-13H,4-6,10H2,1H3. The van der Waals surface area contributed by atoms with Crippen molar-refractivity contribution in [2.24, 2.45) is 0 Å². The van der Waals surface area contributed by atoms with E-state index in [1.165, 1.54) is 0 Å². The van der Waals surface area contributed by atoms with Gasteiger partial charge >= 0.3 is 0 Å². The predicted octanol–water partition coefficient (Wildman–Crippen LogP) is 0.163. The monoisotopic (exact) mass is 216 g/mol. The van der Waals surface area contributed by atoms with Gasteiger partial charge in [-0.3, -0.25) is 0 Å². The Morgan fingerprint density at radius 1 is 1.50 bits per heavy atom. The Hall–Kier alpha value is -0.620. The average Bonchev–Trinajstić information content (AvgIpc) is 2.61. The van der Waals surface area contributed by atoms with E-state index in [-0.39, 0.29) is 13.2 Å². The van der Waals surface area contributed by atoms with Crippen molar-refractivity contribution in [3.8, 4) is 0 Å². The minimum absolute atomic E-state index is 0.102. The normalized spacial score (nSPS) is 11.9. The van der Waals surface area contributed by atoms with Crippen molar-refractivity contribution >= 4 is 17.0 Å². The minimum Gasteiger partial charge on any atom is -0.398 e. The van der Waals surface area contributed by atoms with Crippen LogP contribution < -0.4 is 11.1 Å². The van der Waals surface area contributed by atoms with Crippen LogP contribution in [0.2, 0.25) is 0 Å². The maximum atomic E-state index is 9.03. The predicted molar refractivity (Wildman–Crippen MR) is 58.1 cm³/mol. The van der Waals surface area contributed by atoms with Crippen LogP contribution in [0.5, 0.6) is 0 Å². The molecule has 80 valence electrons. The summed E-state index contributed by atoms with van der Waals surface area (Å²) in [5, 5.41) is 23.1. The molecule has 1 aromatic rings. The van der Waals surface area contributed by atoms with Crippen LogP contribution in [-0.2, 0) is 6.54 Å². The summed E-state index contributed by atoms with van der Waals surface area (Å²) in [4.78, 5) is 1.03. The van der Waals surface area contributed by atoms with Crippen LogP contribution in [0.25, 0.3) is 0 Å². The lowest BCUT2D eigenvalue weighted by atomic mass is 10.1. The molecule has 0 atom stereocenters. The van der Waals surface area contributed by atoms with Crippen LogP contribution in [0.15, 0.2) is 11.4 Å². The highest BCUT2D eigenvalue weighted by atomic mass is 32.1. The van der Waals surface area contributed by atoms with Crippen LogP contribution in [0.4, 0.5) is 5.69 Å². The quantitative estimate of drug-likeness (QED) is 0.565. The van der Waals surface area contributed by atoms with Crippen molar-refractivity contribution in [1.29, 1.82) is 0 Å². The Morgan fingerprint density at radius 3 is 2.57 bits per heavy atom. The highest BCUT2D eigenvalue weighted by Gasteiger charge is 2.21. The lowest BCUT2D eigenvalue weighted by molar-refractivity contribution is 0.103. The molecule has 0 aliphatic carbocycles. The van der Waals surface area contributed by atoms with E-state index in [1.807, 2.05) is 11.4 Å². The molecule has 1 aromatic heterocycles. The first kappa shape index (κ1) is 11.5. The molecule has 0 aliphatic rings. The molecule has 0 bridgehead atoms. The number of hydrogen-bond donors (Lipinski definition) is 4. The zero-order valence-electron chi connectivity index (χ0n) is 8.16. The van der Waals surface area contributed by atoms with Crippen molar-refractivity contribution in [2.45, 2.75) is 19.0 Å². The highest BCUT2D eigenvalue weighted by molar-refractivity contribution is 7.10. The van der Waals surface area contributed by atoms with E-state index in [0.717, 1.165) is 10.6 Å². The Morgan fingerprint density at radius 2 is 2.14 bits per heavy atom. The summed E-state index contributed by atoms with van der Waals surface area (Å²) in [5.41, 5.74) is 5.81. The third kappa shape index (κ3) is 2.68. The molecule has 0 aliphatic heterocycles. The number of hydrogen-bond acceptors (Lipinski definition) is 5. The largest absolute Gasteiger partial charge is 0.398 e. The van der Waals surface area contributed by atoms with E-state index in [2.05, 4.69) is 5.32 Å². The third-order valence-corrected chi connectivity index (χ3v) is 3.09. The molecular weight excluding hydrogens is 200 g/mol. The first-order chi connectivity index (χ1) is 6.61. The van der Waals surface area contributed by atoms with Crippen molar-refractivity contribution in [3.63, 3.8) is 0 Å². The SMILES string of the molecule is CC(CO)(CO)NCc1sccc1N. The molecule has 14 heavy (non-hydrogen) atoms. The van der Waals surface area contributed by atoms with E-state index < -0.39 is 5.54 Å². The van der Waals surface area contributed by atoms with E-state index in [9.17, 15) is 0 Å². The first-order valence-corrected chi connectivity index (χ1v) is 5.28. The number of anilines is 1. The maximum absolute atomic E-state index is 9.03. The molecule has 0 spiro atoms. The van der Waals surface area contributed by atoms with E-state index >= 15 is 0 Å². The van der Waals surface area contributed by atoms with E-state index in [1.54, 1.807) is 18.3 Å². The van der Waals surface area contributed by atoms with Gasteiger partial charge < -0.3 is 21.3 Å². The Kier molecular flexibility index (Phi) is 3.88. The molecule has 0 saturated carbocycles. The molecule has 0 saturated heterocycles. The molecule has 1 rings (SSSR count). The average molecular weight is 216 g/mol. The van der Waals surface area contributed by atoms with Crippen molar-refractivity contribution in [1.82, 2.24) is 5.32 Å². The summed E-state index contributed by atoms with van der Waals surface area (Å²) >= 11 is 1.56. The second-order valence-corrected chi connectivity index (χ2v) is 4.53. The smallest absolute Gasteiger partial charge is 0.0633 e. The Labute approximate surface area is 87.4 Å². The summed E-state index contributed by atoms with van der Waals surface area (Å²) in [5.74, 6) is 0. The summed E-state index contributed by atoms with van der Waals surface area (Å²) in [6.07, 6.45) is 0. The van der Waals surface area contributed by atoms with E-state index in [4.69, 9.17) is 15.9 Å². The van der Waals surface area contributed by atoms with Gasteiger partial charge in [-0.15, -0.1) is 11.3 Å². The summed E-state index contributed by atoms with van der Waals surface area (Å²) in [6.45, 7) is 2.13. The lowest BCUT2D eigenvalue weighted by Gasteiger charge is -2.26. The molecule has 5 N–H and O–H groups in total. The number of rotatable bonds is 5. The topological polar surface area (TPSA) is 78.5 Å². The van der Waals surface area contributed by atoms with Gasteiger partial charge in [-0.1, -0.05) is 0 Å². The molecule has 0 aromatic carbocycles. The van der Waals surface area contributed by atoms with Gasteiger partial charge in [0.05, 0.1) is 18.8 Å². The number of nitrogens with one attached hydrogen (secondary N) is 1. The minimum atomic E-state index is -0.642. The van der Waals surface area contributed by atoms with Crippen LogP contribution in [0.3, 0.4) is 0 Å². The fourth-order valence-corrected chi connectivity index (χ4v) is 1.69. The number of thiophene rings is 1. The molecular formula is C9H16N2O2S. The van der Waals surface area contributed by atoms with Crippen molar-refractivity contribution in [2.75, 3.05) is 18.9 Å². The fraction of sp³-hybridized carbons (Fsp3) is 0.556. The van der Waals surface area contributed by atoms with E-state index in [0.29, 0.717) is 6.54 Å². The molecule has 0 radical (unpaired) electrons. The Bertz CT molecular complexity index is 284. The van der Waals surface area contributed by atoms with Gasteiger partial charge in [-0.25, -0.2) is 0 Å². The fourth-order valence-electron chi connectivity index (χ4n) is 0.950. The van der Waals surface area contributed by atoms with Gasteiger partial charge in [0, 0.05) is 17.1 Å². The summed E-state index contributed by atoms with van der Waals surface area (Å²) in [6, 6.07) is 1.84. The lowest BCUT2D eigenvalue weighted by Crippen LogP contribution is -2.48. The molecule has 1 heterocycles. The molecule has 5 heteroatoms. The van der Waals surface area contributed by atoms with Crippen LogP contribution in [0, 0.1) is 0 Å². The second-order valence-electron chi connectivity index (χ2n) is 3.53. The molecule has 0 unspecified atom stereocenters. The molecule has 4 nitrogen and oxygen atoms in total.